The summed E-state index contributed by atoms with van der Waals surface area (Å²) in [6.07, 6.45) is 10.6. The van der Waals surface area contributed by atoms with Crippen LogP contribution in [0, 0.1) is 34.5 Å². The summed E-state index contributed by atoms with van der Waals surface area (Å²) in [4.78, 5) is 27.8. The molecule has 3 fully saturated rings. The zero-order valence-electron chi connectivity index (χ0n) is 20.3. The first-order chi connectivity index (χ1) is 15.7. The molecule has 0 bridgehead atoms. The molecule has 5 rings (SSSR count). The van der Waals surface area contributed by atoms with Crippen LogP contribution in [0.3, 0.4) is 0 Å². The van der Waals surface area contributed by atoms with E-state index in [1.54, 1.807) is 6.08 Å². The van der Waals surface area contributed by atoms with Crippen molar-refractivity contribution in [3.05, 3.63) is 47.0 Å². The smallest absolute Gasteiger partial charge is 0.246 e. The fraction of sp³-hybridized carbons (Fsp3) is 0.643. The van der Waals surface area contributed by atoms with Crippen LogP contribution in [-0.2, 0) is 9.59 Å². The van der Waals surface area contributed by atoms with E-state index >= 15 is 0 Å². The minimum absolute atomic E-state index is 0.0474. The Kier molecular flexibility index (Phi) is 5.67. The van der Waals surface area contributed by atoms with Crippen LogP contribution in [-0.4, -0.2) is 29.8 Å². The Bertz CT molecular complexity index is 992. The molecule has 0 spiro atoms. The molecule has 0 aromatic heterocycles. The molecule has 5 heteroatoms. The van der Waals surface area contributed by atoms with Crippen molar-refractivity contribution in [2.45, 2.75) is 71.4 Å². The van der Waals surface area contributed by atoms with Crippen LogP contribution in [0.2, 0.25) is 5.02 Å². The second-order valence-corrected chi connectivity index (χ2v) is 12.0. The summed E-state index contributed by atoms with van der Waals surface area (Å²) >= 11 is 6.38. The summed E-state index contributed by atoms with van der Waals surface area (Å²) in [5.74, 6) is 2.19. The fourth-order valence-corrected chi connectivity index (χ4v) is 8.69. The van der Waals surface area contributed by atoms with Crippen LogP contribution in [0.4, 0.5) is 0 Å². The van der Waals surface area contributed by atoms with Gasteiger partial charge in [0.2, 0.25) is 11.8 Å². The molecule has 1 heterocycles. The highest BCUT2D eigenvalue weighted by Crippen LogP contribution is 2.65. The molecule has 3 saturated carbocycles. The largest absolute Gasteiger partial charge is 0.349 e. The lowest BCUT2D eigenvalue weighted by Crippen LogP contribution is -2.59. The number of hydrogen-bond acceptors (Lipinski definition) is 2. The lowest BCUT2D eigenvalue weighted by molar-refractivity contribution is -0.142. The van der Waals surface area contributed by atoms with Crippen LogP contribution in [0.5, 0.6) is 0 Å². The second kappa shape index (κ2) is 8.15. The Morgan fingerprint density at radius 2 is 1.88 bits per heavy atom. The Morgan fingerprint density at radius 1 is 1.12 bits per heavy atom. The molecular weight excluding hydrogens is 432 g/mol. The van der Waals surface area contributed by atoms with Crippen molar-refractivity contribution in [3.8, 4) is 0 Å². The first-order valence-corrected chi connectivity index (χ1v) is 13.1. The number of amides is 2. The Balaban J connectivity index is 1.35. The first-order valence-electron chi connectivity index (χ1n) is 12.7. The highest BCUT2D eigenvalue weighted by molar-refractivity contribution is 6.31. The monoisotopic (exact) mass is 468 g/mol. The minimum atomic E-state index is -0.0972. The standard InChI is InChI=1S/C28H37ClN2O2/c1-17(18-7-5-6-8-23(18)29)30-26(33)22-11-10-20-19-9-12-24-28(3,16-14-25(32)31(24)4)21(19)13-15-27(20,22)2/h5-8,14,16-17,19-22,24H,9-13,15H2,1-4H3,(H,30,33)/t17?,19-,20-,21+,22?,24?,27-,28+/m0/s1. The molecule has 8 atom stereocenters. The van der Waals surface area contributed by atoms with Crippen molar-refractivity contribution in [2.24, 2.45) is 34.5 Å². The topological polar surface area (TPSA) is 49.4 Å². The lowest BCUT2D eigenvalue weighted by atomic mass is 9.47. The number of hydrogen-bond donors (Lipinski definition) is 1. The van der Waals surface area contributed by atoms with Crippen molar-refractivity contribution in [1.82, 2.24) is 10.2 Å². The highest BCUT2D eigenvalue weighted by atomic mass is 35.5. The zero-order valence-corrected chi connectivity index (χ0v) is 21.1. The molecule has 1 aliphatic heterocycles. The number of halogens is 1. The molecule has 178 valence electrons. The van der Waals surface area contributed by atoms with Crippen molar-refractivity contribution < 1.29 is 9.59 Å². The Morgan fingerprint density at radius 3 is 2.64 bits per heavy atom. The number of benzene rings is 1. The number of fused-ring (bicyclic) bond motifs is 5. The molecule has 1 aromatic carbocycles. The Labute approximate surface area is 203 Å². The van der Waals surface area contributed by atoms with E-state index in [0.717, 1.165) is 37.7 Å². The van der Waals surface area contributed by atoms with Crippen LogP contribution in [0.25, 0.3) is 0 Å². The molecule has 4 nitrogen and oxygen atoms in total. The van der Waals surface area contributed by atoms with Gasteiger partial charge >= 0.3 is 0 Å². The zero-order chi connectivity index (χ0) is 23.5. The molecule has 3 aliphatic carbocycles. The third-order valence-electron chi connectivity index (χ3n) is 10.2. The SMILES string of the molecule is CC(NC(=O)C1CC[C@H]2[C@@H]3CCC4N(C)C(=O)C=C[C@]4(C)[C@@H]3CC[C@]12C)c1ccccc1Cl. The third kappa shape index (κ3) is 3.47. The molecule has 0 saturated heterocycles. The van der Waals surface area contributed by atoms with E-state index < -0.39 is 0 Å². The molecule has 2 amide bonds. The fourth-order valence-electron chi connectivity index (χ4n) is 8.39. The number of likely N-dealkylation sites (N-methyl/N-ethyl adjacent to an activating group) is 1. The second-order valence-electron chi connectivity index (χ2n) is 11.5. The molecule has 4 aliphatic rings. The van der Waals surface area contributed by atoms with Gasteiger partial charge in [0.05, 0.1) is 6.04 Å². The summed E-state index contributed by atoms with van der Waals surface area (Å²) in [5, 5.41) is 4.00. The summed E-state index contributed by atoms with van der Waals surface area (Å²) in [6.45, 7) is 6.78. The maximum atomic E-state index is 13.5. The van der Waals surface area contributed by atoms with E-state index in [1.165, 1.54) is 6.42 Å². The van der Waals surface area contributed by atoms with Crippen LogP contribution >= 0.6 is 11.6 Å². The van der Waals surface area contributed by atoms with Crippen molar-refractivity contribution in [2.75, 3.05) is 7.05 Å². The van der Waals surface area contributed by atoms with E-state index in [9.17, 15) is 9.59 Å². The Hall–Kier alpha value is -1.81. The number of nitrogens with zero attached hydrogens (tertiary/aromatic N) is 1. The predicted molar refractivity (Wildman–Crippen MR) is 132 cm³/mol. The van der Waals surface area contributed by atoms with Gasteiger partial charge in [0.15, 0.2) is 0 Å². The van der Waals surface area contributed by atoms with Gasteiger partial charge in [-0.1, -0.05) is 49.7 Å². The van der Waals surface area contributed by atoms with Gasteiger partial charge in [-0.3, -0.25) is 9.59 Å². The van der Waals surface area contributed by atoms with Gasteiger partial charge in [-0.05, 0) is 86.3 Å². The van der Waals surface area contributed by atoms with E-state index in [1.807, 2.05) is 43.1 Å². The van der Waals surface area contributed by atoms with Crippen molar-refractivity contribution >= 4 is 23.4 Å². The minimum Gasteiger partial charge on any atom is -0.349 e. The van der Waals surface area contributed by atoms with Gasteiger partial charge in [-0.2, -0.15) is 0 Å². The summed E-state index contributed by atoms with van der Waals surface area (Å²) in [6, 6.07) is 7.98. The van der Waals surface area contributed by atoms with Crippen LogP contribution < -0.4 is 5.32 Å². The highest BCUT2D eigenvalue weighted by Gasteiger charge is 2.61. The van der Waals surface area contributed by atoms with Gasteiger partial charge in [0.1, 0.15) is 0 Å². The summed E-state index contributed by atoms with van der Waals surface area (Å²) in [7, 11) is 1.97. The van der Waals surface area contributed by atoms with E-state index in [4.69, 9.17) is 11.6 Å². The van der Waals surface area contributed by atoms with Gasteiger partial charge in [-0.15, -0.1) is 0 Å². The van der Waals surface area contributed by atoms with E-state index in [0.29, 0.717) is 28.8 Å². The van der Waals surface area contributed by atoms with Gasteiger partial charge in [0.25, 0.3) is 0 Å². The van der Waals surface area contributed by atoms with Crippen LogP contribution in [0.1, 0.15) is 70.9 Å². The third-order valence-corrected chi connectivity index (χ3v) is 10.5. The summed E-state index contributed by atoms with van der Waals surface area (Å²) < 4.78 is 0. The van der Waals surface area contributed by atoms with Gasteiger partial charge in [0, 0.05) is 29.4 Å². The lowest BCUT2D eigenvalue weighted by Gasteiger charge is -2.60. The quantitative estimate of drug-likeness (QED) is 0.611. The number of carbonyl (C=O) groups excluding carboxylic acids is 2. The molecule has 1 aromatic rings. The maximum absolute atomic E-state index is 13.5. The van der Waals surface area contributed by atoms with Crippen molar-refractivity contribution in [1.29, 1.82) is 0 Å². The van der Waals surface area contributed by atoms with Gasteiger partial charge < -0.3 is 10.2 Å². The predicted octanol–water partition coefficient (Wildman–Crippen LogP) is 5.77. The molecular formula is C28H37ClN2O2. The number of rotatable bonds is 3. The van der Waals surface area contributed by atoms with E-state index in [2.05, 4.69) is 25.2 Å². The summed E-state index contributed by atoms with van der Waals surface area (Å²) in [5.41, 5.74) is 1.07. The number of nitrogens with one attached hydrogen (secondary N) is 1. The van der Waals surface area contributed by atoms with Gasteiger partial charge in [-0.25, -0.2) is 0 Å². The number of carbonyl (C=O) groups is 2. The average Bonchev–Trinajstić information content (AvgIpc) is 3.14. The normalized spacial score (nSPS) is 40.6. The van der Waals surface area contributed by atoms with Crippen molar-refractivity contribution in [3.63, 3.8) is 0 Å². The molecule has 3 unspecified atom stereocenters. The molecule has 1 N–H and O–H groups in total. The first kappa shape index (κ1) is 23.0. The average molecular weight is 469 g/mol. The molecule has 0 radical (unpaired) electrons. The molecule has 33 heavy (non-hydrogen) atoms. The van der Waals surface area contributed by atoms with Crippen LogP contribution in [0.15, 0.2) is 36.4 Å². The maximum Gasteiger partial charge on any atom is 0.246 e. The van der Waals surface area contributed by atoms with E-state index in [-0.39, 0.29) is 34.6 Å².